The van der Waals surface area contributed by atoms with Crippen LogP contribution >= 0.6 is 0 Å². The summed E-state index contributed by atoms with van der Waals surface area (Å²) in [7, 11) is 0. The van der Waals surface area contributed by atoms with Crippen molar-refractivity contribution in [3.63, 3.8) is 0 Å². The first-order valence-electron chi connectivity index (χ1n) is 7.92. The van der Waals surface area contributed by atoms with E-state index < -0.39 is 5.41 Å². The molecular weight excluding hydrogens is 290 g/mol. The maximum absolute atomic E-state index is 13.4. The number of anilines is 1. The fraction of sp³-hybridized carbons (Fsp3) is 0.368. The number of allylic oxidation sites excluding steroid dienone is 3. The molecule has 4 atom stereocenters. The van der Waals surface area contributed by atoms with Gasteiger partial charge in [0.25, 0.3) is 0 Å². The van der Waals surface area contributed by atoms with Crippen LogP contribution in [0.4, 0.5) is 5.69 Å². The summed E-state index contributed by atoms with van der Waals surface area (Å²) in [5.74, 6) is -0.328. The molecule has 0 radical (unpaired) electrons. The highest BCUT2D eigenvalue weighted by molar-refractivity contribution is 6.24. The van der Waals surface area contributed by atoms with Gasteiger partial charge in [-0.15, -0.1) is 6.58 Å². The summed E-state index contributed by atoms with van der Waals surface area (Å²) < 4.78 is 0. The van der Waals surface area contributed by atoms with Crippen molar-refractivity contribution in [3.8, 4) is 5.75 Å². The van der Waals surface area contributed by atoms with E-state index in [1.54, 1.807) is 18.2 Å². The van der Waals surface area contributed by atoms with Crippen molar-refractivity contribution in [2.45, 2.75) is 19.8 Å². The highest BCUT2D eigenvalue weighted by atomic mass is 16.3. The number of amides is 2. The van der Waals surface area contributed by atoms with Crippen molar-refractivity contribution >= 4 is 17.5 Å². The zero-order valence-corrected chi connectivity index (χ0v) is 13.0. The SMILES string of the molecule is C=CCC12C(=O)N(c3ccc(O)cc3)C(=O)C1C1C=CC2(C)C1. The largest absolute Gasteiger partial charge is 0.508 e. The zero-order chi connectivity index (χ0) is 16.4. The number of phenolic OH excluding ortho intramolecular Hbond substituents is 1. The van der Waals surface area contributed by atoms with Crippen LogP contribution in [0.2, 0.25) is 0 Å². The highest BCUT2D eigenvalue weighted by Gasteiger charge is 2.73. The number of phenols is 1. The van der Waals surface area contributed by atoms with Gasteiger partial charge in [-0.3, -0.25) is 9.59 Å². The zero-order valence-electron chi connectivity index (χ0n) is 13.0. The van der Waals surface area contributed by atoms with Gasteiger partial charge in [0.2, 0.25) is 11.8 Å². The summed E-state index contributed by atoms with van der Waals surface area (Å²) in [6.45, 7) is 5.91. The Balaban J connectivity index is 1.86. The van der Waals surface area contributed by atoms with E-state index in [2.05, 4.69) is 25.7 Å². The molecule has 2 fully saturated rings. The highest BCUT2D eigenvalue weighted by Crippen LogP contribution is 2.69. The Morgan fingerprint density at radius 2 is 2.04 bits per heavy atom. The summed E-state index contributed by atoms with van der Waals surface area (Å²) >= 11 is 0. The van der Waals surface area contributed by atoms with Gasteiger partial charge in [0.1, 0.15) is 5.75 Å². The number of imide groups is 1. The number of hydrogen-bond acceptors (Lipinski definition) is 3. The molecule has 0 spiro atoms. The molecule has 1 saturated heterocycles. The fourth-order valence-corrected chi connectivity index (χ4v) is 4.97. The fourth-order valence-electron chi connectivity index (χ4n) is 4.97. The lowest BCUT2D eigenvalue weighted by Gasteiger charge is -2.39. The predicted molar refractivity (Wildman–Crippen MR) is 86.7 cm³/mol. The molecule has 4 nitrogen and oxygen atoms in total. The van der Waals surface area contributed by atoms with Gasteiger partial charge >= 0.3 is 0 Å². The molecule has 2 amide bonds. The van der Waals surface area contributed by atoms with E-state index in [1.165, 1.54) is 17.0 Å². The topological polar surface area (TPSA) is 57.6 Å². The standard InChI is InChI=1S/C19H19NO3/c1-3-9-19-15(12-8-10-18(19,2)11-12)16(22)20(17(19)23)13-4-6-14(21)7-5-13/h3-8,10,12,15,21H,1,9,11H2,2H3. The van der Waals surface area contributed by atoms with Crippen molar-refractivity contribution in [2.75, 3.05) is 4.90 Å². The molecule has 23 heavy (non-hydrogen) atoms. The molecule has 1 N–H and O–H groups in total. The van der Waals surface area contributed by atoms with Gasteiger partial charge in [0, 0.05) is 5.41 Å². The summed E-state index contributed by atoms with van der Waals surface area (Å²) in [5.41, 5.74) is -0.489. The van der Waals surface area contributed by atoms with Crippen molar-refractivity contribution < 1.29 is 14.7 Å². The van der Waals surface area contributed by atoms with E-state index in [9.17, 15) is 14.7 Å². The van der Waals surface area contributed by atoms with E-state index in [-0.39, 0.29) is 34.8 Å². The van der Waals surface area contributed by atoms with Crippen molar-refractivity contribution in [3.05, 3.63) is 49.1 Å². The molecule has 0 aromatic heterocycles. The van der Waals surface area contributed by atoms with Crippen LogP contribution in [-0.2, 0) is 9.59 Å². The lowest BCUT2D eigenvalue weighted by Crippen LogP contribution is -2.45. The van der Waals surface area contributed by atoms with Crippen LogP contribution in [0, 0.1) is 22.7 Å². The molecule has 1 aromatic rings. The molecule has 4 heteroatoms. The molecule has 4 unspecified atom stereocenters. The molecular formula is C19H19NO3. The van der Waals surface area contributed by atoms with Crippen LogP contribution in [0.15, 0.2) is 49.1 Å². The first-order valence-corrected chi connectivity index (χ1v) is 7.92. The first-order chi connectivity index (χ1) is 10.9. The van der Waals surface area contributed by atoms with E-state index in [0.717, 1.165) is 6.42 Å². The average molecular weight is 309 g/mol. The monoisotopic (exact) mass is 309 g/mol. The Bertz CT molecular complexity index is 750. The maximum Gasteiger partial charge on any atom is 0.242 e. The van der Waals surface area contributed by atoms with Gasteiger partial charge in [-0.05, 0) is 43.0 Å². The Kier molecular flexibility index (Phi) is 2.69. The molecule has 1 aromatic carbocycles. The van der Waals surface area contributed by atoms with Crippen molar-refractivity contribution in [2.24, 2.45) is 22.7 Å². The Labute approximate surface area is 135 Å². The normalized spacial score (nSPS) is 37.5. The van der Waals surface area contributed by atoms with Crippen LogP contribution in [0.1, 0.15) is 19.8 Å². The third-order valence-electron chi connectivity index (χ3n) is 5.99. The molecule has 2 aliphatic carbocycles. The third-order valence-corrected chi connectivity index (χ3v) is 5.99. The minimum atomic E-state index is -0.719. The number of rotatable bonds is 3. The van der Waals surface area contributed by atoms with Crippen LogP contribution in [-0.4, -0.2) is 16.9 Å². The average Bonchev–Trinajstić information content (AvgIpc) is 3.09. The summed E-state index contributed by atoms with van der Waals surface area (Å²) in [5, 5.41) is 9.45. The summed E-state index contributed by atoms with van der Waals surface area (Å²) in [6, 6.07) is 6.23. The van der Waals surface area contributed by atoms with Gasteiger partial charge < -0.3 is 5.11 Å². The second kappa shape index (κ2) is 4.34. The Hall–Kier alpha value is -2.36. The second-order valence-electron chi connectivity index (χ2n) is 7.08. The molecule has 2 bridgehead atoms. The minimum Gasteiger partial charge on any atom is -0.508 e. The van der Waals surface area contributed by atoms with E-state index in [4.69, 9.17) is 0 Å². The molecule has 118 valence electrons. The lowest BCUT2D eigenvalue weighted by atomic mass is 9.60. The van der Waals surface area contributed by atoms with Gasteiger partial charge in [-0.1, -0.05) is 25.2 Å². The minimum absolute atomic E-state index is 0.113. The number of hydrogen-bond donors (Lipinski definition) is 1. The number of benzene rings is 1. The summed E-state index contributed by atoms with van der Waals surface area (Å²) in [6.07, 6.45) is 7.33. The van der Waals surface area contributed by atoms with E-state index >= 15 is 0 Å². The van der Waals surface area contributed by atoms with Gasteiger partial charge in [-0.2, -0.15) is 0 Å². The Morgan fingerprint density at radius 1 is 1.35 bits per heavy atom. The number of aromatic hydroxyl groups is 1. The molecule has 1 saturated carbocycles. The smallest absolute Gasteiger partial charge is 0.242 e. The maximum atomic E-state index is 13.4. The number of carbonyl (C=O) groups excluding carboxylic acids is 2. The molecule has 1 heterocycles. The van der Waals surface area contributed by atoms with Gasteiger partial charge in [-0.25, -0.2) is 4.90 Å². The summed E-state index contributed by atoms with van der Waals surface area (Å²) in [4.78, 5) is 27.7. The predicted octanol–water partition coefficient (Wildman–Crippen LogP) is 3.04. The second-order valence-corrected chi connectivity index (χ2v) is 7.08. The van der Waals surface area contributed by atoms with Crippen LogP contribution in [0.3, 0.4) is 0 Å². The van der Waals surface area contributed by atoms with E-state index in [1.807, 2.05) is 0 Å². The van der Waals surface area contributed by atoms with Crippen molar-refractivity contribution in [1.82, 2.24) is 0 Å². The lowest BCUT2D eigenvalue weighted by molar-refractivity contribution is -0.131. The Morgan fingerprint density at radius 3 is 2.70 bits per heavy atom. The van der Waals surface area contributed by atoms with Crippen LogP contribution in [0.5, 0.6) is 5.75 Å². The number of fused-ring (bicyclic) bond motifs is 5. The number of nitrogens with zero attached hydrogens (tertiary/aromatic N) is 1. The number of carbonyl (C=O) groups is 2. The quantitative estimate of drug-likeness (QED) is 0.689. The van der Waals surface area contributed by atoms with Crippen LogP contribution < -0.4 is 4.90 Å². The molecule has 4 rings (SSSR count). The van der Waals surface area contributed by atoms with Crippen molar-refractivity contribution in [1.29, 1.82) is 0 Å². The van der Waals surface area contributed by atoms with E-state index in [0.29, 0.717) is 12.1 Å². The van der Waals surface area contributed by atoms with Gasteiger partial charge in [0.05, 0.1) is 17.0 Å². The van der Waals surface area contributed by atoms with Crippen LogP contribution in [0.25, 0.3) is 0 Å². The third kappa shape index (κ3) is 1.51. The molecule has 3 aliphatic rings. The molecule has 1 aliphatic heterocycles. The van der Waals surface area contributed by atoms with Gasteiger partial charge in [0.15, 0.2) is 0 Å². The first kappa shape index (κ1) is 14.2.